The lowest BCUT2D eigenvalue weighted by Crippen LogP contribution is -2.57. The van der Waals surface area contributed by atoms with Crippen molar-refractivity contribution in [2.45, 2.75) is 44.9 Å². The molecule has 0 aromatic heterocycles. The third-order valence-corrected chi connectivity index (χ3v) is 3.77. The van der Waals surface area contributed by atoms with Crippen molar-refractivity contribution in [1.29, 1.82) is 0 Å². The number of hydrogen-bond acceptors (Lipinski definition) is 6. The van der Waals surface area contributed by atoms with Gasteiger partial charge in [-0.05, 0) is 32.2 Å². The molecule has 2 heterocycles. The van der Waals surface area contributed by atoms with Crippen LogP contribution in [-0.4, -0.2) is 48.8 Å². The van der Waals surface area contributed by atoms with Crippen molar-refractivity contribution < 1.29 is 0 Å². The summed E-state index contributed by atoms with van der Waals surface area (Å²) in [5, 5.41) is 19.2. The Bertz CT molecular complexity index is 313. The first-order valence-corrected chi connectivity index (χ1v) is 7.04. The summed E-state index contributed by atoms with van der Waals surface area (Å²) >= 11 is 0. The fraction of sp³-hybridized carbons (Fsp3) is 0.917. The van der Waals surface area contributed by atoms with Crippen LogP contribution in [0, 0.1) is 11.1 Å². The Morgan fingerprint density at radius 1 is 1.42 bits per heavy atom. The Labute approximate surface area is 114 Å². The summed E-state index contributed by atoms with van der Waals surface area (Å²) in [4.78, 5) is 4.65. The van der Waals surface area contributed by atoms with E-state index in [4.69, 9.17) is 5.84 Å². The number of hydrogen-bond donors (Lipinski definition) is 4. The fourth-order valence-electron chi connectivity index (χ4n) is 2.94. The lowest BCUT2D eigenvalue weighted by molar-refractivity contribution is 0.268. The minimum Gasteiger partial charge on any atom is -0.785 e. The number of rotatable bonds is 2. The van der Waals surface area contributed by atoms with E-state index in [-0.39, 0.29) is 12.2 Å². The van der Waals surface area contributed by atoms with Crippen LogP contribution in [0.4, 0.5) is 0 Å². The molecule has 110 valence electrons. The summed E-state index contributed by atoms with van der Waals surface area (Å²) < 4.78 is 0. The Morgan fingerprint density at radius 2 is 2.21 bits per heavy atom. The summed E-state index contributed by atoms with van der Waals surface area (Å²) in [6, 6.07) is 0.359. The van der Waals surface area contributed by atoms with Gasteiger partial charge in [-0.1, -0.05) is 6.92 Å². The Kier molecular flexibility index (Phi) is 5.12. The van der Waals surface area contributed by atoms with Gasteiger partial charge in [-0.3, -0.25) is 10.3 Å². The fourth-order valence-corrected chi connectivity index (χ4v) is 2.94. The number of piperidine rings is 1. The largest absolute Gasteiger partial charge is 0.785 e. The first kappa shape index (κ1) is 14.7. The van der Waals surface area contributed by atoms with E-state index in [0.717, 1.165) is 11.5 Å². The highest BCUT2D eigenvalue weighted by molar-refractivity contribution is 5.87. The van der Waals surface area contributed by atoms with E-state index >= 15 is 0 Å². The standard InChI is InChI=1S/C12H25N6O/c1-8-5-9(2)15-11(6-8)16-12(17-13)10-7-18(19)4-3-14-10/h8-11,14-15H,3-7,13H2,1-2H3,(H,16,17)/q-1. The van der Waals surface area contributed by atoms with Gasteiger partial charge in [0.05, 0.1) is 6.04 Å². The number of hydroxylamine groups is 2. The molecule has 19 heavy (non-hydrogen) atoms. The van der Waals surface area contributed by atoms with Crippen molar-refractivity contribution in [3.05, 3.63) is 5.21 Å². The predicted octanol–water partition coefficient (Wildman–Crippen LogP) is -0.646. The van der Waals surface area contributed by atoms with Crippen LogP contribution >= 0.6 is 0 Å². The third kappa shape index (κ3) is 4.12. The highest BCUT2D eigenvalue weighted by Gasteiger charge is 2.25. The molecule has 4 atom stereocenters. The molecule has 4 unspecified atom stereocenters. The average molecular weight is 269 g/mol. The SMILES string of the molecule is CC1CC(C)NC(N=C(NN)C2CN([O-])CCN2)C1. The molecule has 7 nitrogen and oxygen atoms in total. The molecule has 0 amide bonds. The zero-order chi connectivity index (χ0) is 13.8. The number of nitrogens with two attached hydrogens (primary N) is 1. The van der Waals surface area contributed by atoms with Crippen molar-refractivity contribution in [2.24, 2.45) is 16.8 Å². The van der Waals surface area contributed by atoms with Crippen LogP contribution in [0.15, 0.2) is 4.99 Å². The van der Waals surface area contributed by atoms with Gasteiger partial charge in [-0.2, -0.15) is 0 Å². The van der Waals surface area contributed by atoms with Crippen LogP contribution in [-0.2, 0) is 0 Å². The minimum atomic E-state index is -0.106. The number of piperazine rings is 1. The second-order valence-corrected chi connectivity index (χ2v) is 5.71. The number of hydrazine groups is 1. The quantitative estimate of drug-likeness (QED) is 0.230. The van der Waals surface area contributed by atoms with Gasteiger partial charge in [0.1, 0.15) is 12.0 Å². The molecule has 2 rings (SSSR count). The van der Waals surface area contributed by atoms with E-state index in [9.17, 15) is 5.21 Å². The normalized spacial score (nSPS) is 38.2. The lowest BCUT2D eigenvalue weighted by Gasteiger charge is -2.39. The van der Waals surface area contributed by atoms with E-state index in [1.165, 1.54) is 6.42 Å². The van der Waals surface area contributed by atoms with E-state index in [0.29, 0.717) is 37.4 Å². The highest BCUT2D eigenvalue weighted by Crippen LogP contribution is 2.20. The molecule has 0 spiro atoms. The maximum atomic E-state index is 11.4. The van der Waals surface area contributed by atoms with E-state index in [1.807, 2.05) is 0 Å². The number of aliphatic imine (C=N–C) groups is 1. The summed E-state index contributed by atoms with van der Waals surface area (Å²) in [6.45, 7) is 5.99. The van der Waals surface area contributed by atoms with Crippen molar-refractivity contribution in [3.63, 3.8) is 0 Å². The molecule has 7 heteroatoms. The molecular formula is C12H25N6O-. The van der Waals surface area contributed by atoms with Gasteiger partial charge in [0, 0.05) is 19.1 Å². The number of nitrogens with zero attached hydrogens (tertiary/aromatic N) is 2. The molecular weight excluding hydrogens is 244 g/mol. The molecule has 0 bridgehead atoms. The molecule has 2 fully saturated rings. The number of nitrogens with one attached hydrogen (secondary N) is 3. The van der Waals surface area contributed by atoms with E-state index in [2.05, 4.69) is 34.9 Å². The second kappa shape index (κ2) is 6.62. The first-order chi connectivity index (χ1) is 9.08. The molecule has 2 saturated heterocycles. The number of amidine groups is 1. The monoisotopic (exact) mass is 269 g/mol. The topological polar surface area (TPSA) is 101 Å². The molecule has 2 aliphatic rings. The highest BCUT2D eigenvalue weighted by atomic mass is 16.5. The maximum absolute atomic E-state index is 11.4. The smallest absolute Gasteiger partial charge is 0.131 e. The van der Waals surface area contributed by atoms with Gasteiger partial charge < -0.3 is 21.0 Å². The molecule has 2 aliphatic heterocycles. The van der Waals surface area contributed by atoms with Crippen LogP contribution in [0.5, 0.6) is 0 Å². The minimum absolute atomic E-state index is 0.0774. The Morgan fingerprint density at radius 3 is 2.84 bits per heavy atom. The zero-order valence-corrected chi connectivity index (χ0v) is 11.7. The summed E-state index contributed by atoms with van der Waals surface area (Å²) in [5.41, 5.74) is 2.65. The molecule has 0 radical (unpaired) electrons. The van der Waals surface area contributed by atoms with Crippen LogP contribution in [0.3, 0.4) is 0 Å². The van der Waals surface area contributed by atoms with Gasteiger partial charge in [0.15, 0.2) is 0 Å². The summed E-state index contributed by atoms with van der Waals surface area (Å²) in [7, 11) is 0. The summed E-state index contributed by atoms with van der Waals surface area (Å²) in [6.07, 6.45) is 2.25. The van der Waals surface area contributed by atoms with Gasteiger partial charge in [-0.25, -0.2) is 5.84 Å². The van der Waals surface area contributed by atoms with Crippen molar-refractivity contribution in [3.8, 4) is 0 Å². The zero-order valence-electron chi connectivity index (χ0n) is 11.7. The van der Waals surface area contributed by atoms with E-state index in [1.54, 1.807) is 0 Å². The van der Waals surface area contributed by atoms with Crippen LogP contribution in [0.25, 0.3) is 0 Å². The van der Waals surface area contributed by atoms with Crippen molar-refractivity contribution in [1.82, 2.24) is 21.1 Å². The van der Waals surface area contributed by atoms with Crippen molar-refractivity contribution in [2.75, 3.05) is 19.6 Å². The molecule has 0 aliphatic carbocycles. The van der Waals surface area contributed by atoms with Gasteiger partial charge in [-0.15, -0.1) is 0 Å². The van der Waals surface area contributed by atoms with Gasteiger partial charge in [0.25, 0.3) is 0 Å². The average Bonchev–Trinajstić information content (AvgIpc) is 2.34. The van der Waals surface area contributed by atoms with Crippen molar-refractivity contribution >= 4 is 5.84 Å². The van der Waals surface area contributed by atoms with Gasteiger partial charge >= 0.3 is 0 Å². The first-order valence-electron chi connectivity index (χ1n) is 7.04. The molecule has 5 N–H and O–H groups in total. The second-order valence-electron chi connectivity index (χ2n) is 5.71. The van der Waals surface area contributed by atoms with E-state index < -0.39 is 0 Å². The maximum Gasteiger partial charge on any atom is 0.131 e. The van der Waals surface area contributed by atoms with Gasteiger partial charge in [0.2, 0.25) is 0 Å². The van der Waals surface area contributed by atoms with Crippen LogP contribution in [0.2, 0.25) is 0 Å². The van der Waals surface area contributed by atoms with Crippen LogP contribution in [0.1, 0.15) is 26.7 Å². The summed E-state index contributed by atoms with van der Waals surface area (Å²) in [5.74, 6) is 6.88. The Hall–Kier alpha value is -0.730. The third-order valence-electron chi connectivity index (χ3n) is 3.77. The lowest BCUT2D eigenvalue weighted by atomic mass is 9.93. The molecule has 0 aromatic carbocycles. The molecule has 0 saturated carbocycles. The predicted molar refractivity (Wildman–Crippen MR) is 76.3 cm³/mol. The Balaban J connectivity index is 2.01. The molecule has 0 aromatic rings. The van der Waals surface area contributed by atoms with Crippen LogP contribution < -0.4 is 21.9 Å².